The Bertz CT molecular complexity index is 759. The second-order valence-corrected chi connectivity index (χ2v) is 6.86. The van der Waals surface area contributed by atoms with Gasteiger partial charge in [-0.3, -0.25) is 4.79 Å². The molecule has 1 amide bonds. The van der Waals surface area contributed by atoms with Gasteiger partial charge in [0, 0.05) is 15.2 Å². The fourth-order valence-electron chi connectivity index (χ4n) is 2.08. The molecule has 0 heterocycles. The number of nitrogens with one attached hydrogen (secondary N) is 2. The third-order valence-corrected chi connectivity index (χ3v) is 4.31. The molecule has 0 saturated heterocycles. The van der Waals surface area contributed by atoms with Crippen LogP contribution in [0.4, 0.5) is 5.69 Å². The predicted octanol–water partition coefficient (Wildman–Crippen LogP) is 4.75. The first-order valence-electron chi connectivity index (χ1n) is 7.49. The SMILES string of the molecule is CC(=NNC(=O)[C@H](C)Nc1ccc(Cl)cc1C)c1ccc(Br)cc1. The number of halogens is 2. The number of nitrogens with zero attached hydrogens (tertiary/aromatic N) is 1. The predicted molar refractivity (Wildman–Crippen MR) is 104 cm³/mol. The van der Waals surface area contributed by atoms with Gasteiger partial charge in [0.1, 0.15) is 6.04 Å². The van der Waals surface area contributed by atoms with Crippen molar-refractivity contribution in [2.75, 3.05) is 5.32 Å². The molecule has 126 valence electrons. The van der Waals surface area contributed by atoms with E-state index in [1.807, 2.05) is 50.2 Å². The average Bonchev–Trinajstić information content (AvgIpc) is 2.55. The van der Waals surface area contributed by atoms with Gasteiger partial charge < -0.3 is 5.32 Å². The number of hydrazone groups is 1. The lowest BCUT2D eigenvalue weighted by molar-refractivity contribution is -0.121. The number of carbonyl (C=O) groups excluding carboxylic acids is 1. The zero-order valence-electron chi connectivity index (χ0n) is 13.7. The molecular formula is C18H19BrClN3O. The summed E-state index contributed by atoms with van der Waals surface area (Å²) in [5, 5.41) is 8.00. The Balaban J connectivity index is 1.98. The quantitative estimate of drug-likeness (QED) is 0.554. The van der Waals surface area contributed by atoms with Crippen molar-refractivity contribution in [3.63, 3.8) is 0 Å². The molecule has 2 aromatic carbocycles. The van der Waals surface area contributed by atoms with Gasteiger partial charge in [-0.05, 0) is 62.2 Å². The van der Waals surface area contributed by atoms with Gasteiger partial charge in [0.15, 0.2) is 0 Å². The number of hydrogen-bond acceptors (Lipinski definition) is 3. The van der Waals surface area contributed by atoms with Crippen LogP contribution in [-0.4, -0.2) is 17.7 Å². The summed E-state index contributed by atoms with van der Waals surface area (Å²) >= 11 is 9.33. The van der Waals surface area contributed by atoms with Crippen LogP contribution in [0.25, 0.3) is 0 Å². The van der Waals surface area contributed by atoms with E-state index in [1.165, 1.54) is 0 Å². The minimum atomic E-state index is -0.425. The van der Waals surface area contributed by atoms with Crippen LogP contribution in [0.1, 0.15) is 25.0 Å². The Labute approximate surface area is 155 Å². The van der Waals surface area contributed by atoms with Crippen LogP contribution < -0.4 is 10.7 Å². The fraction of sp³-hybridized carbons (Fsp3) is 0.222. The van der Waals surface area contributed by atoms with E-state index in [0.29, 0.717) is 5.02 Å². The molecule has 1 atom stereocenters. The van der Waals surface area contributed by atoms with Crippen molar-refractivity contribution in [2.45, 2.75) is 26.8 Å². The van der Waals surface area contributed by atoms with Crippen molar-refractivity contribution >= 4 is 44.8 Å². The van der Waals surface area contributed by atoms with Gasteiger partial charge in [-0.1, -0.05) is 39.7 Å². The van der Waals surface area contributed by atoms with Gasteiger partial charge in [-0.15, -0.1) is 0 Å². The lowest BCUT2D eigenvalue weighted by Crippen LogP contribution is -2.35. The summed E-state index contributed by atoms with van der Waals surface area (Å²) in [5.41, 5.74) is 6.14. The molecule has 0 aliphatic carbocycles. The van der Waals surface area contributed by atoms with Crippen LogP contribution >= 0.6 is 27.5 Å². The maximum atomic E-state index is 12.2. The molecule has 6 heteroatoms. The smallest absolute Gasteiger partial charge is 0.262 e. The Morgan fingerprint density at radius 1 is 1.21 bits per heavy atom. The molecule has 0 aromatic heterocycles. The highest BCUT2D eigenvalue weighted by molar-refractivity contribution is 9.10. The lowest BCUT2D eigenvalue weighted by atomic mass is 10.1. The van der Waals surface area contributed by atoms with Crippen molar-refractivity contribution < 1.29 is 4.79 Å². The van der Waals surface area contributed by atoms with Crippen molar-refractivity contribution in [3.05, 3.63) is 63.1 Å². The molecule has 0 fully saturated rings. The number of carbonyl (C=O) groups is 1. The highest BCUT2D eigenvalue weighted by atomic mass is 79.9. The second-order valence-electron chi connectivity index (χ2n) is 5.51. The number of aryl methyl sites for hydroxylation is 1. The van der Waals surface area contributed by atoms with Gasteiger partial charge in [-0.25, -0.2) is 5.43 Å². The van der Waals surface area contributed by atoms with Crippen LogP contribution in [0, 0.1) is 6.92 Å². The first-order valence-corrected chi connectivity index (χ1v) is 8.66. The molecule has 0 aliphatic rings. The third kappa shape index (κ3) is 5.08. The van der Waals surface area contributed by atoms with Gasteiger partial charge in [0.05, 0.1) is 5.71 Å². The Morgan fingerprint density at radius 3 is 2.50 bits per heavy atom. The van der Waals surface area contributed by atoms with E-state index in [1.54, 1.807) is 13.0 Å². The summed E-state index contributed by atoms with van der Waals surface area (Å²) in [4.78, 5) is 12.2. The Morgan fingerprint density at radius 2 is 1.88 bits per heavy atom. The second kappa shape index (κ2) is 8.31. The molecule has 0 radical (unpaired) electrons. The summed E-state index contributed by atoms with van der Waals surface area (Å²) in [6.07, 6.45) is 0. The minimum absolute atomic E-state index is 0.208. The number of benzene rings is 2. The van der Waals surface area contributed by atoms with Crippen molar-refractivity contribution in [1.82, 2.24) is 5.43 Å². The lowest BCUT2D eigenvalue weighted by Gasteiger charge is -2.16. The van der Waals surface area contributed by atoms with E-state index >= 15 is 0 Å². The first-order chi connectivity index (χ1) is 11.4. The molecule has 0 saturated carbocycles. The van der Waals surface area contributed by atoms with Crippen molar-refractivity contribution in [3.8, 4) is 0 Å². The van der Waals surface area contributed by atoms with Crippen LogP contribution in [0.3, 0.4) is 0 Å². The molecule has 4 nitrogen and oxygen atoms in total. The molecular weight excluding hydrogens is 390 g/mol. The summed E-state index contributed by atoms with van der Waals surface area (Å²) in [6, 6.07) is 12.8. The maximum absolute atomic E-state index is 12.2. The topological polar surface area (TPSA) is 53.5 Å². The number of rotatable bonds is 5. The average molecular weight is 409 g/mol. The molecule has 0 aliphatic heterocycles. The van der Waals surface area contributed by atoms with Gasteiger partial charge in [-0.2, -0.15) is 5.10 Å². The summed E-state index contributed by atoms with van der Waals surface area (Å²) < 4.78 is 0.999. The van der Waals surface area contributed by atoms with Crippen LogP contribution in [0.15, 0.2) is 52.0 Å². The van der Waals surface area contributed by atoms with Crippen LogP contribution in [-0.2, 0) is 4.79 Å². The Hall–Kier alpha value is -1.85. The molecule has 2 N–H and O–H groups in total. The minimum Gasteiger partial charge on any atom is -0.374 e. The third-order valence-electron chi connectivity index (χ3n) is 3.55. The molecule has 0 unspecified atom stereocenters. The number of hydrogen-bond donors (Lipinski definition) is 2. The zero-order valence-corrected chi connectivity index (χ0v) is 16.1. The summed E-state index contributed by atoms with van der Waals surface area (Å²) in [7, 11) is 0. The van der Waals surface area contributed by atoms with Crippen LogP contribution in [0.5, 0.6) is 0 Å². The van der Waals surface area contributed by atoms with Crippen LogP contribution in [0.2, 0.25) is 5.02 Å². The number of amides is 1. The molecule has 2 aromatic rings. The molecule has 0 spiro atoms. The highest BCUT2D eigenvalue weighted by Crippen LogP contribution is 2.20. The zero-order chi connectivity index (χ0) is 17.7. The van der Waals surface area contributed by atoms with Gasteiger partial charge in [0.25, 0.3) is 5.91 Å². The number of anilines is 1. The van der Waals surface area contributed by atoms with E-state index in [0.717, 1.165) is 27.0 Å². The van der Waals surface area contributed by atoms with Crippen molar-refractivity contribution in [2.24, 2.45) is 5.10 Å². The normalized spacial score (nSPS) is 12.6. The van der Waals surface area contributed by atoms with E-state index < -0.39 is 6.04 Å². The van der Waals surface area contributed by atoms with E-state index in [9.17, 15) is 4.79 Å². The fourth-order valence-corrected chi connectivity index (χ4v) is 2.57. The van der Waals surface area contributed by atoms with E-state index in [4.69, 9.17) is 11.6 Å². The van der Waals surface area contributed by atoms with Crippen molar-refractivity contribution in [1.29, 1.82) is 0 Å². The first kappa shape index (κ1) is 18.5. The van der Waals surface area contributed by atoms with Gasteiger partial charge >= 0.3 is 0 Å². The standard InChI is InChI=1S/C18H19BrClN3O/c1-11-10-16(20)8-9-17(11)21-13(3)18(24)23-22-12(2)14-4-6-15(19)7-5-14/h4-10,13,21H,1-3H3,(H,23,24)/t13-/m0/s1. The molecule has 0 bridgehead atoms. The largest absolute Gasteiger partial charge is 0.374 e. The summed E-state index contributed by atoms with van der Waals surface area (Å²) in [5.74, 6) is -0.208. The molecule has 2 rings (SSSR count). The van der Waals surface area contributed by atoms with E-state index in [2.05, 4.69) is 31.8 Å². The highest BCUT2D eigenvalue weighted by Gasteiger charge is 2.13. The Kier molecular flexibility index (Phi) is 6.40. The maximum Gasteiger partial charge on any atom is 0.262 e. The summed E-state index contributed by atoms with van der Waals surface area (Å²) in [6.45, 7) is 5.58. The molecule has 24 heavy (non-hydrogen) atoms. The monoisotopic (exact) mass is 407 g/mol. The van der Waals surface area contributed by atoms with Gasteiger partial charge in [0.2, 0.25) is 0 Å². The van der Waals surface area contributed by atoms with E-state index in [-0.39, 0.29) is 5.91 Å².